The van der Waals surface area contributed by atoms with Gasteiger partial charge >= 0.3 is 0 Å². The molecule has 3 aromatic carbocycles. The number of rotatable bonds is 4. The molecule has 0 spiro atoms. The van der Waals surface area contributed by atoms with Gasteiger partial charge in [-0.2, -0.15) is 5.26 Å². The van der Waals surface area contributed by atoms with Crippen LogP contribution in [0.15, 0.2) is 76.1 Å². The number of aryl methyl sites for hydroxylation is 2. The second kappa shape index (κ2) is 8.21. The standard InChI is InChI=1S/C26H20N2O3/c1-16-3-7-18(8-4-16)24-22(14-27)26(28-15-20-11-12-21(29)13-23(20)30)31-25(24)19-9-5-17(2)6-10-19/h3-13,15,29-30H,1-2H3. The van der Waals surface area contributed by atoms with Crippen molar-refractivity contribution in [1.82, 2.24) is 0 Å². The van der Waals surface area contributed by atoms with Crippen molar-refractivity contribution in [2.75, 3.05) is 0 Å². The molecule has 31 heavy (non-hydrogen) atoms. The summed E-state index contributed by atoms with van der Waals surface area (Å²) in [7, 11) is 0. The molecule has 0 aliphatic heterocycles. The topological polar surface area (TPSA) is 89.8 Å². The van der Waals surface area contributed by atoms with Gasteiger partial charge in [-0.25, -0.2) is 4.99 Å². The lowest BCUT2D eigenvalue weighted by atomic mass is 9.97. The van der Waals surface area contributed by atoms with Crippen molar-refractivity contribution in [3.63, 3.8) is 0 Å². The Morgan fingerprint density at radius 3 is 2.06 bits per heavy atom. The summed E-state index contributed by atoms with van der Waals surface area (Å²) in [6.07, 6.45) is 1.41. The average Bonchev–Trinajstić information content (AvgIpc) is 3.12. The normalized spacial score (nSPS) is 11.0. The fourth-order valence-corrected chi connectivity index (χ4v) is 3.29. The molecule has 0 atom stereocenters. The summed E-state index contributed by atoms with van der Waals surface area (Å²) in [6, 6.07) is 22.2. The molecule has 0 saturated carbocycles. The Bertz CT molecular complexity index is 1310. The molecule has 0 bridgehead atoms. The van der Waals surface area contributed by atoms with Crippen LogP contribution in [0, 0.1) is 25.2 Å². The number of furan rings is 1. The first-order valence-electron chi connectivity index (χ1n) is 9.73. The van der Waals surface area contributed by atoms with Gasteiger partial charge in [0.2, 0.25) is 5.88 Å². The minimum absolute atomic E-state index is 0.0475. The maximum absolute atomic E-state index is 10.0. The van der Waals surface area contributed by atoms with Crippen LogP contribution < -0.4 is 0 Å². The van der Waals surface area contributed by atoms with Crippen LogP contribution >= 0.6 is 0 Å². The molecule has 5 nitrogen and oxygen atoms in total. The lowest BCUT2D eigenvalue weighted by molar-refractivity contribution is 0.450. The van der Waals surface area contributed by atoms with Crippen molar-refractivity contribution < 1.29 is 14.6 Å². The van der Waals surface area contributed by atoms with E-state index in [4.69, 9.17) is 4.42 Å². The first kappa shape index (κ1) is 20.0. The third kappa shape index (κ3) is 4.05. The summed E-state index contributed by atoms with van der Waals surface area (Å²) in [5.41, 5.74) is 5.31. The number of aliphatic imine (C=N–C) groups is 1. The van der Waals surface area contributed by atoms with Gasteiger partial charge in [0.1, 0.15) is 28.9 Å². The smallest absolute Gasteiger partial charge is 0.238 e. The van der Waals surface area contributed by atoms with Crippen molar-refractivity contribution in [2.24, 2.45) is 4.99 Å². The quantitative estimate of drug-likeness (QED) is 0.390. The maximum atomic E-state index is 10.0. The Morgan fingerprint density at radius 1 is 0.871 bits per heavy atom. The predicted octanol–water partition coefficient (Wildman–Crippen LogP) is 6.26. The van der Waals surface area contributed by atoms with Crippen LogP contribution in [0.5, 0.6) is 11.5 Å². The van der Waals surface area contributed by atoms with Gasteiger partial charge in [0.25, 0.3) is 0 Å². The molecule has 0 aliphatic rings. The molecule has 0 radical (unpaired) electrons. The third-order valence-corrected chi connectivity index (χ3v) is 4.99. The molecule has 2 N–H and O–H groups in total. The Balaban J connectivity index is 1.89. The van der Waals surface area contributed by atoms with E-state index in [1.54, 1.807) is 0 Å². The van der Waals surface area contributed by atoms with Crippen molar-refractivity contribution in [1.29, 1.82) is 5.26 Å². The molecule has 1 aromatic heterocycles. The SMILES string of the molecule is Cc1ccc(-c2oc(N=Cc3ccc(O)cc3O)c(C#N)c2-c2ccc(C)cc2)cc1. The summed E-state index contributed by atoms with van der Waals surface area (Å²) in [5, 5.41) is 29.4. The van der Waals surface area contributed by atoms with E-state index in [2.05, 4.69) is 11.1 Å². The van der Waals surface area contributed by atoms with Gasteiger partial charge in [-0.1, -0.05) is 59.7 Å². The van der Waals surface area contributed by atoms with Gasteiger partial charge in [-0.15, -0.1) is 0 Å². The van der Waals surface area contributed by atoms with E-state index in [1.807, 2.05) is 62.4 Å². The summed E-state index contributed by atoms with van der Waals surface area (Å²) in [4.78, 5) is 4.35. The molecule has 4 rings (SSSR count). The van der Waals surface area contributed by atoms with Gasteiger partial charge in [0.05, 0.1) is 0 Å². The first-order chi connectivity index (χ1) is 15.0. The van der Waals surface area contributed by atoms with Crippen LogP contribution in [0.25, 0.3) is 22.5 Å². The number of hydrogen-bond acceptors (Lipinski definition) is 5. The molecular weight excluding hydrogens is 388 g/mol. The zero-order valence-corrected chi connectivity index (χ0v) is 17.1. The molecule has 152 valence electrons. The molecule has 1 heterocycles. The van der Waals surface area contributed by atoms with Crippen molar-refractivity contribution >= 4 is 12.1 Å². The molecule has 0 amide bonds. The second-order valence-corrected chi connectivity index (χ2v) is 7.33. The molecule has 0 aliphatic carbocycles. The number of benzene rings is 3. The van der Waals surface area contributed by atoms with Gasteiger partial charge in [-0.05, 0) is 31.5 Å². The molecule has 0 saturated heterocycles. The highest BCUT2D eigenvalue weighted by Crippen LogP contribution is 2.42. The third-order valence-electron chi connectivity index (χ3n) is 4.99. The highest BCUT2D eigenvalue weighted by molar-refractivity contribution is 5.90. The van der Waals surface area contributed by atoms with Crippen molar-refractivity contribution in [3.8, 4) is 40.0 Å². The average molecular weight is 408 g/mol. The lowest BCUT2D eigenvalue weighted by Crippen LogP contribution is -1.85. The molecule has 0 unspecified atom stereocenters. The number of nitrogens with zero attached hydrogens (tertiary/aromatic N) is 2. The zero-order chi connectivity index (χ0) is 22.0. The molecular formula is C26H20N2O3. The summed E-state index contributed by atoms with van der Waals surface area (Å²) < 4.78 is 6.08. The number of aromatic hydroxyl groups is 2. The Hall–Kier alpha value is -4.30. The van der Waals surface area contributed by atoms with Crippen LogP contribution in [0.4, 0.5) is 5.88 Å². The molecule has 4 aromatic rings. The number of phenols is 2. The fraction of sp³-hybridized carbons (Fsp3) is 0.0769. The Labute approximate surface area is 180 Å². The highest BCUT2D eigenvalue weighted by Gasteiger charge is 2.22. The van der Waals surface area contributed by atoms with Crippen molar-refractivity contribution in [2.45, 2.75) is 13.8 Å². The summed E-state index contributed by atoms with van der Waals surface area (Å²) in [6.45, 7) is 4.01. The lowest BCUT2D eigenvalue weighted by Gasteiger charge is -2.05. The van der Waals surface area contributed by atoms with E-state index in [1.165, 1.54) is 24.4 Å². The summed E-state index contributed by atoms with van der Waals surface area (Å²) in [5.74, 6) is 0.545. The highest BCUT2D eigenvalue weighted by atomic mass is 16.4. The van der Waals surface area contributed by atoms with E-state index >= 15 is 0 Å². The largest absolute Gasteiger partial charge is 0.508 e. The minimum Gasteiger partial charge on any atom is -0.508 e. The summed E-state index contributed by atoms with van der Waals surface area (Å²) >= 11 is 0. The molecule has 5 heteroatoms. The van der Waals surface area contributed by atoms with Gasteiger partial charge < -0.3 is 14.6 Å². The van der Waals surface area contributed by atoms with Crippen LogP contribution in [-0.2, 0) is 0 Å². The Morgan fingerprint density at radius 2 is 1.48 bits per heavy atom. The van der Waals surface area contributed by atoms with E-state index in [0.717, 1.165) is 22.3 Å². The minimum atomic E-state index is -0.119. The molecule has 0 fully saturated rings. The monoisotopic (exact) mass is 408 g/mol. The number of hydrogen-bond donors (Lipinski definition) is 2. The van der Waals surface area contributed by atoms with E-state index < -0.39 is 0 Å². The van der Waals surface area contributed by atoms with Crippen LogP contribution in [0.2, 0.25) is 0 Å². The van der Waals surface area contributed by atoms with Crippen LogP contribution in [0.3, 0.4) is 0 Å². The van der Waals surface area contributed by atoms with E-state index in [-0.39, 0.29) is 17.4 Å². The predicted molar refractivity (Wildman–Crippen MR) is 121 cm³/mol. The van der Waals surface area contributed by atoms with Gasteiger partial charge in [-0.3, -0.25) is 0 Å². The van der Waals surface area contributed by atoms with E-state index in [0.29, 0.717) is 22.5 Å². The van der Waals surface area contributed by atoms with Crippen molar-refractivity contribution in [3.05, 3.63) is 89.0 Å². The zero-order valence-electron chi connectivity index (χ0n) is 17.1. The number of phenolic OH excluding ortho intramolecular Hbond substituents is 2. The first-order valence-corrected chi connectivity index (χ1v) is 9.73. The second-order valence-electron chi connectivity index (χ2n) is 7.33. The maximum Gasteiger partial charge on any atom is 0.238 e. The number of nitriles is 1. The fourth-order valence-electron chi connectivity index (χ4n) is 3.29. The van der Waals surface area contributed by atoms with Gasteiger partial charge in [0, 0.05) is 29.0 Å². The van der Waals surface area contributed by atoms with Crippen LogP contribution in [0.1, 0.15) is 22.3 Å². The Kier molecular flexibility index (Phi) is 5.30. The van der Waals surface area contributed by atoms with Crippen LogP contribution in [-0.4, -0.2) is 16.4 Å². The van der Waals surface area contributed by atoms with Gasteiger partial charge in [0.15, 0.2) is 0 Å². The van der Waals surface area contributed by atoms with E-state index in [9.17, 15) is 15.5 Å².